The Balaban J connectivity index is 2.70. The number of hydrogen-bond donors (Lipinski definition) is 2. The standard InChI is InChI=1S/C8H18N2O5S/c11-5-1-9(2-6-12)16(13,14)10-3-7-15-8-4-10/h11-12H,1-8H2. The summed E-state index contributed by atoms with van der Waals surface area (Å²) in [5, 5.41) is 17.6. The monoisotopic (exact) mass is 254 g/mol. The Hall–Kier alpha value is -0.250. The Morgan fingerprint density at radius 2 is 1.62 bits per heavy atom. The van der Waals surface area contributed by atoms with Gasteiger partial charge in [-0.15, -0.1) is 0 Å². The molecule has 1 aliphatic rings. The highest BCUT2D eigenvalue weighted by Crippen LogP contribution is 2.10. The smallest absolute Gasteiger partial charge is 0.282 e. The van der Waals surface area contributed by atoms with Gasteiger partial charge in [-0.2, -0.15) is 17.0 Å². The minimum Gasteiger partial charge on any atom is -0.395 e. The summed E-state index contributed by atoms with van der Waals surface area (Å²) in [5.41, 5.74) is 0. The highest BCUT2D eigenvalue weighted by molar-refractivity contribution is 7.86. The van der Waals surface area contributed by atoms with Crippen molar-refractivity contribution in [2.75, 3.05) is 52.6 Å². The van der Waals surface area contributed by atoms with E-state index in [1.807, 2.05) is 0 Å². The van der Waals surface area contributed by atoms with E-state index in [0.717, 1.165) is 4.31 Å². The zero-order valence-electron chi connectivity index (χ0n) is 9.08. The number of hydrogen-bond acceptors (Lipinski definition) is 5. The Morgan fingerprint density at radius 1 is 1.12 bits per heavy atom. The largest absolute Gasteiger partial charge is 0.395 e. The molecule has 96 valence electrons. The molecule has 2 N–H and O–H groups in total. The lowest BCUT2D eigenvalue weighted by molar-refractivity contribution is 0.0693. The van der Waals surface area contributed by atoms with E-state index in [0.29, 0.717) is 26.3 Å². The van der Waals surface area contributed by atoms with Crippen LogP contribution in [0.2, 0.25) is 0 Å². The van der Waals surface area contributed by atoms with Crippen LogP contribution in [0.3, 0.4) is 0 Å². The lowest BCUT2D eigenvalue weighted by Gasteiger charge is -2.31. The predicted octanol–water partition coefficient (Wildman–Crippen LogP) is -2.15. The maximum Gasteiger partial charge on any atom is 0.282 e. The van der Waals surface area contributed by atoms with Gasteiger partial charge in [0, 0.05) is 26.2 Å². The van der Waals surface area contributed by atoms with Crippen LogP contribution in [0.15, 0.2) is 0 Å². The molecule has 0 unspecified atom stereocenters. The van der Waals surface area contributed by atoms with Crippen LogP contribution in [-0.2, 0) is 14.9 Å². The van der Waals surface area contributed by atoms with Crippen molar-refractivity contribution in [3.8, 4) is 0 Å². The van der Waals surface area contributed by atoms with Crippen LogP contribution in [0, 0.1) is 0 Å². The number of aliphatic hydroxyl groups excluding tert-OH is 2. The first-order chi connectivity index (χ1) is 7.62. The summed E-state index contributed by atoms with van der Waals surface area (Å²) >= 11 is 0. The van der Waals surface area contributed by atoms with Gasteiger partial charge in [-0.05, 0) is 0 Å². The van der Waals surface area contributed by atoms with Gasteiger partial charge in [-0.1, -0.05) is 0 Å². The Morgan fingerprint density at radius 3 is 2.06 bits per heavy atom. The molecule has 1 fully saturated rings. The van der Waals surface area contributed by atoms with Crippen LogP contribution in [0.5, 0.6) is 0 Å². The van der Waals surface area contributed by atoms with Crippen LogP contribution in [0.25, 0.3) is 0 Å². The molecule has 0 aromatic carbocycles. The molecule has 16 heavy (non-hydrogen) atoms. The molecule has 1 heterocycles. The van der Waals surface area contributed by atoms with Gasteiger partial charge >= 0.3 is 0 Å². The summed E-state index contributed by atoms with van der Waals surface area (Å²) in [5.74, 6) is 0. The number of rotatable bonds is 6. The van der Waals surface area contributed by atoms with Crippen molar-refractivity contribution in [2.45, 2.75) is 0 Å². The molecule has 0 aromatic heterocycles. The minimum atomic E-state index is -3.58. The van der Waals surface area contributed by atoms with Crippen LogP contribution in [0.4, 0.5) is 0 Å². The summed E-state index contributed by atoms with van der Waals surface area (Å²) < 4.78 is 31.5. The molecule has 0 aliphatic carbocycles. The number of nitrogens with zero attached hydrogens (tertiary/aromatic N) is 2. The molecular weight excluding hydrogens is 236 g/mol. The third-order valence-corrected chi connectivity index (χ3v) is 4.36. The topological polar surface area (TPSA) is 90.3 Å². The van der Waals surface area contributed by atoms with E-state index in [1.165, 1.54) is 4.31 Å². The fourth-order valence-electron chi connectivity index (χ4n) is 1.51. The molecule has 1 aliphatic heterocycles. The molecule has 0 radical (unpaired) electrons. The van der Waals surface area contributed by atoms with E-state index >= 15 is 0 Å². The van der Waals surface area contributed by atoms with Crippen LogP contribution in [-0.4, -0.2) is 79.8 Å². The first-order valence-electron chi connectivity index (χ1n) is 5.17. The molecule has 0 saturated carbocycles. The average molecular weight is 254 g/mol. The van der Waals surface area contributed by atoms with Gasteiger partial charge in [-0.25, -0.2) is 0 Å². The molecule has 1 rings (SSSR count). The van der Waals surface area contributed by atoms with Gasteiger partial charge < -0.3 is 14.9 Å². The van der Waals surface area contributed by atoms with Crippen molar-refractivity contribution in [3.05, 3.63) is 0 Å². The Bertz CT molecular complexity index is 283. The van der Waals surface area contributed by atoms with Crippen LogP contribution < -0.4 is 0 Å². The average Bonchev–Trinajstić information content (AvgIpc) is 2.30. The van der Waals surface area contributed by atoms with Gasteiger partial charge in [0.25, 0.3) is 10.2 Å². The molecule has 1 saturated heterocycles. The van der Waals surface area contributed by atoms with E-state index < -0.39 is 10.2 Å². The first kappa shape index (κ1) is 13.8. The second-order valence-electron chi connectivity index (χ2n) is 3.37. The SMILES string of the molecule is O=S(=O)(N(CCO)CCO)N1CCOCC1. The molecule has 0 atom stereocenters. The maximum atomic E-state index is 12.0. The number of morpholine rings is 1. The fourth-order valence-corrected chi connectivity index (χ4v) is 3.07. The highest BCUT2D eigenvalue weighted by Gasteiger charge is 2.30. The van der Waals surface area contributed by atoms with Crippen LogP contribution in [0.1, 0.15) is 0 Å². The first-order valence-corrected chi connectivity index (χ1v) is 6.57. The van der Waals surface area contributed by atoms with Gasteiger partial charge in [0.2, 0.25) is 0 Å². The van der Waals surface area contributed by atoms with Crippen molar-refractivity contribution >= 4 is 10.2 Å². The molecular formula is C8H18N2O5S. The maximum absolute atomic E-state index is 12.0. The number of ether oxygens (including phenoxy) is 1. The molecule has 0 aromatic rings. The molecule has 7 nitrogen and oxygen atoms in total. The fraction of sp³-hybridized carbons (Fsp3) is 1.00. The summed E-state index contributed by atoms with van der Waals surface area (Å²) in [7, 11) is -3.58. The quantitative estimate of drug-likeness (QED) is 0.564. The van der Waals surface area contributed by atoms with Gasteiger partial charge in [0.15, 0.2) is 0 Å². The summed E-state index contributed by atoms with van der Waals surface area (Å²) in [6, 6.07) is 0. The summed E-state index contributed by atoms with van der Waals surface area (Å²) in [4.78, 5) is 0. The van der Waals surface area contributed by atoms with E-state index in [4.69, 9.17) is 14.9 Å². The van der Waals surface area contributed by atoms with Crippen molar-refractivity contribution in [3.63, 3.8) is 0 Å². The number of aliphatic hydroxyl groups is 2. The summed E-state index contributed by atoms with van der Waals surface area (Å²) in [6.07, 6.45) is 0. The van der Waals surface area contributed by atoms with Gasteiger partial charge in [0.05, 0.1) is 26.4 Å². The molecule has 0 amide bonds. The Labute approximate surface area is 95.4 Å². The Kier molecular flexibility index (Phi) is 5.59. The third kappa shape index (κ3) is 3.37. The predicted molar refractivity (Wildman–Crippen MR) is 57.1 cm³/mol. The molecule has 0 spiro atoms. The van der Waals surface area contributed by atoms with Crippen molar-refractivity contribution < 1.29 is 23.4 Å². The third-order valence-electron chi connectivity index (χ3n) is 2.32. The van der Waals surface area contributed by atoms with Crippen LogP contribution >= 0.6 is 0 Å². The van der Waals surface area contributed by atoms with E-state index in [1.54, 1.807) is 0 Å². The van der Waals surface area contributed by atoms with Crippen molar-refractivity contribution in [1.29, 1.82) is 0 Å². The molecule has 8 heteroatoms. The second kappa shape index (κ2) is 6.48. The van der Waals surface area contributed by atoms with Gasteiger partial charge in [0.1, 0.15) is 0 Å². The lowest BCUT2D eigenvalue weighted by Crippen LogP contribution is -2.50. The highest BCUT2D eigenvalue weighted by atomic mass is 32.2. The van der Waals surface area contributed by atoms with E-state index in [-0.39, 0.29) is 26.3 Å². The summed E-state index contributed by atoms with van der Waals surface area (Å²) in [6.45, 7) is 0.871. The normalized spacial score (nSPS) is 19.2. The zero-order chi connectivity index (χ0) is 12.0. The lowest BCUT2D eigenvalue weighted by atomic mass is 10.5. The van der Waals surface area contributed by atoms with Gasteiger partial charge in [-0.3, -0.25) is 0 Å². The van der Waals surface area contributed by atoms with Crippen molar-refractivity contribution in [2.24, 2.45) is 0 Å². The van der Waals surface area contributed by atoms with E-state index in [9.17, 15) is 8.42 Å². The van der Waals surface area contributed by atoms with Crippen molar-refractivity contribution in [1.82, 2.24) is 8.61 Å². The second-order valence-corrected chi connectivity index (χ2v) is 5.29. The van der Waals surface area contributed by atoms with E-state index in [2.05, 4.69) is 0 Å². The molecule has 0 bridgehead atoms. The zero-order valence-corrected chi connectivity index (χ0v) is 9.90. The minimum absolute atomic E-state index is 0.000248.